The first kappa shape index (κ1) is 33.3. The van der Waals surface area contributed by atoms with E-state index in [0.29, 0.717) is 51.0 Å². The van der Waals surface area contributed by atoms with Gasteiger partial charge in [-0.05, 0) is 43.3 Å². The first-order valence-corrected chi connectivity index (χ1v) is 15.6. The predicted molar refractivity (Wildman–Crippen MR) is 165 cm³/mol. The molecule has 48 heavy (non-hydrogen) atoms. The van der Waals surface area contributed by atoms with Gasteiger partial charge in [-0.25, -0.2) is 14.4 Å². The molecule has 12 nitrogen and oxygen atoms in total. The number of amides is 1. The molecule has 1 aromatic heterocycles. The number of anilines is 3. The Kier molecular flexibility index (Phi) is 9.63. The standard InChI is InChI=1S/C32H34F4N8O4/c1-19(45)30(46)44-7-6-28(25(33)15-44)48-27-5-2-20(12-21(27)14-37)29-38-18-39-31(41-29)40-22-3-4-26(24(13-22)32(34,35)36)43-10-8-42(9-11-43)23-16-47-17-23/h2-5,12-13,18-19,23,25,28,45H,6-11,15-17H2,1H3,(H,38,39,40,41)/t19-,25+,28?/m0/s1. The first-order chi connectivity index (χ1) is 23.0. The van der Waals surface area contributed by atoms with Gasteiger partial charge in [-0.3, -0.25) is 9.69 Å². The Morgan fingerprint density at radius 3 is 2.54 bits per heavy atom. The van der Waals surface area contributed by atoms with Crippen molar-refractivity contribution in [1.82, 2.24) is 24.8 Å². The minimum Gasteiger partial charge on any atom is -0.486 e. The summed E-state index contributed by atoms with van der Waals surface area (Å²) in [5.41, 5.74) is -0.0379. The van der Waals surface area contributed by atoms with E-state index in [-0.39, 0.29) is 54.0 Å². The Balaban J connectivity index is 1.14. The Morgan fingerprint density at radius 1 is 1.12 bits per heavy atom. The fourth-order valence-corrected chi connectivity index (χ4v) is 6.01. The van der Waals surface area contributed by atoms with Crippen LogP contribution in [-0.2, 0) is 15.7 Å². The van der Waals surface area contributed by atoms with E-state index in [1.54, 1.807) is 17.0 Å². The first-order valence-electron chi connectivity index (χ1n) is 15.6. The summed E-state index contributed by atoms with van der Waals surface area (Å²) in [7, 11) is 0. The number of rotatable bonds is 8. The molecule has 3 aromatic rings. The average molecular weight is 671 g/mol. The van der Waals surface area contributed by atoms with Gasteiger partial charge in [-0.1, -0.05) is 0 Å². The second-order valence-corrected chi connectivity index (χ2v) is 11.9. The molecule has 16 heteroatoms. The van der Waals surface area contributed by atoms with Crippen molar-refractivity contribution in [2.45, 2.75) is 43.9 Å². The van der Waals surface area contributed by atoms with Gasteiger partial charge in [0.05, 0.1) is 36.9 Å². The lowest BCUT2D eigenvalue weighted by molar-refractivity contribution is -0.143. The molecule has 3 aliphatic rings. The fraction of sp³-hybridized carbons (Fsp3) is 0.469. The van der Waals surface area contributed by atoms with Crippen LogP contribution in [0.5, 0.6) is 5.75 Å². The van der Waals surface area contributed by atoms with E-state index in [1.807, 2.05) is 6.07 Å². The molecule has 254 valence electrons. The van der Waals surface area contributed by atoms with E-state index < -0.39 is 36.0 Å². The van der Waals surface area contributed by atoms with Gasteiger partial charge in [0.1, 0.15) is 30.4 Å². The number of piperidine rings is 1. The number of nitrogens with zero attached hydrogens (tertiary/aromatic N) is 7. The summed E-state index contributed by atoms with van der Waals surface area (Å²) < 4.78 is 68.6. The number of hydrogen-bond acceptors (Lipinski definition) is 11. The number of piperazine rings is 1. The van der Waals surface area contributed by atoms with Crippen molar-refractivity contribution in [3.63, 3.8) is 0 Å². The van der Waals surface area contributed by atoms with Gasteiger partial charge in [-0.2, -0.15) is 23.4 Å². The molecule has 3 fully saturated rings. The zero-order valence-electron chi connectivity index (χ0n) is 26.0. The number of nitrogens with one attached hydrogen (secondary N) is 1. The number of alkyl halides is 4. The highest BCUT2D eigenvalue weighted by Gasteiger charge is 2.37. The molecular formula is C32H34F4N8O4. The number of carbonyl (C=O) groups excluding carboxylic acids is 1. The van der Waals surface area contributed by atoms with Crippen LogP contribution in [0.4, 0.5) is 34.9 Å². The van der Waals surface area contributed by atoms with Crippen LogP contribution in [0.25, 0.3) is 11.4 Å². The van der Waals surface area contributed by atoms with E-state index in [9.17, 15) is 32.7 Å². The van der Waals surface area contributed by atoms with Crippen molar-refractivity contribution in [2.75, 3.05) is 62.7 Å². The lowest BCUT2D eigenvalue weighted by Gasteiger charge is -2.43. The lowest BCUT2D eigenvalue weighted by atomic mass is 10.0. The summed E-state index contributed by atoms with van der Waals surface area (Å²) in [6.07, 6.45) is -6.91. The summed E-state index contributed by atoms with van der Waals surface area (Å²) in [6.45, 7) is 4.83. The zero-order valence-corrected chi connectivity index (χ0v) is 26.0. The summed E-state index contributed by atoms with van der Waals surface area (Å²) in [5, 5.41) is 22.1. The molecule has 6 rings (SSSR count). The van der Waals surface area contributed by atoms with Gasteiger partial charge in [0, 0.05) is 56.1 Å². The lowest BCUT2D eigenvalue weighted by Crippen LogP contribution is -2.56. The monoisotopic (exact) mass is 670 g/mol. The third kappa shape index (κ3) is 7.28. The topological polar surface area (TPSA) is 140 Å². The van der Waals surface area contributed by atoms with Crippen molar-refractivity contribution in [1.29, 1.82) is 5.26 Å². The summed E-state index contributed by atoms with van der Waals surface area (Å²) in [4.78, 5) is 29.8. The zero-order chi connectivity index (χ0) is 34.0. The molecular weight excluding hydrogens is 636 g/mol. The number of aliphatic hydroxyl groups excluding tert-OH is 1. The maximum atomic E-state index is 14.9. The normalized spacial score (nSPS) is 21.3. The number of hydrogen-bond donors (Lipinski definition) is 2. The molecule has 3 aliphatic heterocycles. The smallest absolute Gasteiger partial charge is 0.418 e. The van der Waals surface area contributed by atoms with Crippen LogP contribution in [0.1, 0.15) is 24.5 Å². The molecule has 1 amide bonds. The predicted octanol–water partition coefficient (Wildman–Crippen LogP) is 3.39. The number of halogens is 4. The maximum Gasteiger partial charge on any atom is 0.418 e. The van der Waals surface area contributed by atoms with E-state index in [4.69, 9.17) is 9.47 Å². The third-order valence-electron chi connectivity index (χ3n) is 8.71. The molecule has 3 atom stereocenters. The Labute approximate surface area is 273 Å². The Bertz CT molecular complexity index is 1670. The third-order valence-corrected chi connectivity index (χ3v) is 8.71. The number of aliphatic hydroxyl groups is 1. The van der Waals surface area contributed by atoms with Gasteiger partial charge in [0.15, 0.2) is 12.0 Å². The van der Waals surface area contributed by atoms with Crippen molar-refractivity contribution >= 4 is 23.2 Å². The number of nitriles is 1. The molecule has 0 aliphatic carbocycles. The van der Waals surface area contributed by atoms with Gasteiger partial charge in [0.2, 0.25) is 5.95 Å². The van der Waals surface area contributed by atoms with E-state index in [1.165, 1.54) is 36.4 Å². The van der Waals surface area contributed by atoms with Gasteiger partial charge in [0.25, 0.3) is 5.91 Å². The Morgan fingerprint density at radius 2 is 1.90 bits per heavy atom. The molecule has 3 saturated heterocycles. The van der Waals surface area contributed by atoms with Crippen molar-refractivity contribution in [2.24, 2.45) is 0 Å². The van der Waals surface area contributed by atoms with Crippen LogP contribution >= 0.6 is 0 Å². The molecule has 2 N–H and O–H groups in total. The van der Waals surface area contributed by atoms with E-state index >= 15 is 0 Å². The number of ether oxygens (including phenoxy) is 2. The summed E-state index contributed by atoms with van der Waals surface area (Å²) >= 11 is 0. The molecule has 1 unspecified atom stereocenters. The fourth-order valence-electron chi connectivity index (χ4n) is 6.01. The van der Waals surface area contributed by atoms with Crippen molar-refractivity contribution in [3.8, 4) is 23.2 Å². The largest absolute Gasteiger partial charge is 0.486 e. The highest BCUT2D eigenvalue weighted by atomic mass is 19.4. The highest BCUT2D eigenvalue weighted by molar-refractivity contribution is 5.80. The average Bonchev–Trinajstić information content (AvgIpc) is 3.04. The highest BCUT2D eigenvalue weighted by Crippen LogP contribution is 2.39. The number of benzene rings is 2. The van der Waals surface area contributed by atoms with Gasteiger partial charge in [-0.15, -0.1) is 0 Å². The minimum atomic E-state index is -4.59. The van der Waals surface area contributed by atoms with E-state index in [0.717, 1.165) is 6.07 Å². The van der Waals surface area contributed by atoms with Gasteiger partial charge >= 0.3 is 6.18 Å². The van der Waals surface area contributed by atoms with Gasteiger partial charge < -0.3 is 29.7 Å². The maximum absolute atomic E-state index is 14.9. The molecule has 0 radical (unpaired) electrons. The Hall–Kier alpha value is -4.59. The molecule has 4 heterocycles. The second kappa shape index (κ2) is 13.9. The second-order valence-electron chi connectivity index (χ2n) is 11.9. The SMILES string of the molecule is C[C@H](O)C(=O)N1CCC(Oc2ccc(-c3ncnc(Nc4ccc(N5CCN(C6COC6)CC5)c(C(F)(F)F)c4)n3)cc2C#N)[C@H](F)C1. The summed E-state index contributed by atoms with van der Waals surface area (Å²) in [5.74, 6) is -0.289. The van der Waals surface area contributed by atoms with Crippen molar-refractivity contribution < 1.29 is 36.9 Å². The van der Waals surface area contributed by atoms with Crippen LogP contribution in [-0.4, -0.2) is 113 Å². The molecule has 0 spiro atoms. The number of aromatic nitrogens is 3. The summed E-state index contributed by atoms with van der Waals surface area (Å²) in [6, 6.07) is 10.9. The minimum absolute atomic E-state index is 0.00480. The quantitative estimate of drug-likeness (QED) is 0.341. The number of carbonyl (C=O) groups is 1. The van der Waals surface area contributed by atoms with Crippen LogP contribution < -0.4 is 15.0 Å². The molecule has 0 saturated carbocycles. The number of likely N-dealkylation sites (tertiary alicyclic amines) is 1. The van der Waals surface area contributed by atoms with Crippen LogP contribution in [0, 0.1) is 11.3 Å². The molecule has 2 aromatic carbocycles. The van der Waals surface area contributed by atoms with Crippen LogP contribution in [0.3, 0.4) is 0 Å². The van der Waals surface area contributed by atoms with Crippen LogP contribution in [0.15, 0.2) is 42.7 Å². The molecule has 0 bridgehead atoms. The van der Waals surface area contributed by atoms with Crippen molar-refractivity contribution in [3.05, 3.63) is 53.9 Å². The van der Waals surface area contributed by atoms with E-state index in [2.05, 4.69) is 25.2 Å². The van der Waals surface area contributed by atoms with Crippen LogP contribution in [0.2, 0.25) is 0 Å².